The number of hydrogen-bond donors (Lipinski definition) is 0. The molecule has 0 N–H and O–H groups in total. The molecule has 0 spiro atoms. The third-order valence-corrected chi connectivity index (χ3v) is 9.61. The van der Waals surface area contributed by atoms with Crippen LogP contribution in [0.4, 0.5) is 11.4 Å². The maximum Gasteiger partial charge on any atom is 0.272 e. The lowest BCUT2D eigenvalue weighted by molar-refractivity contribution is 0.473. The fourth-order valence-electron chi connectivity index (χ4n) is 5.98. The van der Waals surface area contributed by atoms with Crippen LogP contribution in [0.3, 0.4) is 0 Å². The van der Waals surface area contributed by atoms with E-state index in [1.54, 1.807) is 36.4 Å². The molecule has 8 rings (SSSR count). The molecular weight excluding hydrogens is 526 g/mol. The summed E-state index contributed by atoms with van der Waals surface area (Å²) in [6.45, 7) is 0. The Morgan fingerprint density at radius 1 is 0.463 bits per heavy atom. The number of nitrogens with zero attached hydrogens (tertiary/aromatic N) is 1. The van der Waals surface area contributed by atoms with Crippen LogP contribution in [0.5, 0.6) is 11.5 Å². The minimum Gasteiger partial charge on any atom is -0.454 e. The van der Waals surface area contributed by atoms with E-state index in [-0.39, 0.29) is 4.90 Å². The summed E-state index contributed by atoms with van der Waals surface area (Å²) in [6.07, 6.45) is 0. The van der Waals surface area contributed by atoms with Gasteiger partial charge in [0.05, 0.1) is 5.69 Å². The molecular formula is C36H23NO3S. The summed E-state index contributed by atoms with van der Waals surface area (Å²) >= 11 is 0. The molecule has 41 heavy (non-hydrogen) atoms. The number of para-hydroxylation sites is 3. The molecule has 0 bridgehead atoms. The lowest BCUT2D eigenvalue weighted by Crippen LogP contribution is -2.25. The molecule has 1 aliphatic heterocycles. The normalized spacial score (nSPS) is 13.9. The third-order valence-electron chi connectivity index (χ3n) is 7.83. The second-order valence-electron chi connectivity index (χ2n) is 10.2. The molecule has 0 aromatic heterocycles. The SMILES string of the molecule is O=S1(=O)c2ccccc2Oc2ccccc2N1c1cccc(-c2ccc3c4ccccc4c4ccccc4c3c2)c1. The average Bonchev–Trinajstić information content (AvgIpc) is 3.12. The van der Waals surface area contributed by atoms with Crippen molar-refractivity contribution >= 4 is 53.7 Å². The summed E-state index contributed by atoms with van der Waals surface area (Å²) in [5.74, 6) is 0.794. The van der Waals surface area contributed by atoms with Gasteiger partial charge in [0.15, 0.2) is 5.75 Å². The van der Waals surface area contributed by atoms with Crippen molar-refractivity contribution in [3.8, 4) is 22.6 Å². The van der Waals surface area contributed by atoms with E-state index < -0.39 is 10.0 Å². The Labute approximate surface area is 237 Å². The topological polar surface area (TPSA) is 46.6 Å². The highest BCUT2D eigenvalue weighted by Gasteiger charge is 2.34. The Morgan fingerprint density at radius 2 is 1.02 bits per heavy atom. The fourth-order valence-corrected chi connectivity index (χ4v) is 7.59. The van der Waals surface area contributed by atoms with E-state index in [2.05, 4.69) is 66.7 Å². The van der Waals surface area contributed by atoms with Crippen molar-refractivity contribution in [3.63, 3.8) is 0 Å². The smallest absolute Gasteiger partial charge is 0.272 e. The number of hydrogen-bond acceptors (Lipinski definition) is 3. The van der Waals surface area contributed by atoms with E-state index in [0.29, 0.717) is 22.9 Å². The van der Waals surface area contributed by atoms with Gasteiger partial charge in [-0.15, -0.1) is 0 Å². The summed E-state index contributed by atoms with van der Waals surface area (Å²) in [4.78, 5) is 0.130. The zero-order valence-electron chi connectivity index (χ0n) is 21.9. The minimum atomic E-state index is -3.96. The maximum atomic E-state index is 14.1. The number of anilines is 2. The molecule has 0 aliphatic carbocycles. The third kappa shape index (κ3) is 3.63. The lowest BCUT2D eigenvalue weighted by atomic mass is 9.92. The second-order valence-corrected chi connectivity index (χ2v) is 11.9. The van der Waals surface area contributed by atoms with E-state index >= 15 is 0 Å². The Hall–Kier alpha value is -5.13. The summed E-state index contributed by atoms with van der Waals surface area (Å²) in [7, 11) is -3.96. The maximum absolute atomic E-state index is 14.1. The van der Waals surface area contributed by atoms with Crippen LogP contribution in [0.25, 0.3) is 43.4 Å². The van der Waals surface area contributed by atoms with Crippen molar-refractivity contribution in [2.75, 3.05) is 4.31 Å². The summed E-state index contributed by atoms with van der Waals surface area (Å²) < 4.78 is 35.8. The summed E-state index contributed by atoms with van der Waals surface area (Å²) in [5, 5.41) is 7.21. The Balaban J connectivity index is 1.34. The molecule has 0 saturated heterocycles. The molecule has 0 radical (unpaired) electrons. The molecule has 196 valence electrons. The van der Waals surface area contributed by atoms with E-state index in [1.807, 2.05) is 36.4 Å². The molecule has 1 heterocycles. The van der Waals surface area contributed by atoms with Gasteiger partial charge in [-0.25, -0.2) is 12.7 Å². The number of rotatable bonds is 2. The Kier molecular flexibility index (Phi) is 5.18. The molecule has 0 unspecified atom stereocenters. The molecule has 0 fully saturated rings. The van der Waals surface area contributed by atoms with Crippen molar-refractivity contribution in [2.45, 2.75) is 4.90 Å². The van der Waals surface area contributed by atoms with Crippen molar-refractivity contribution in [1.82, 2.24) is 0 Å². The highest BCUT2D eigenvalue weighted by molar-refractivity contribution is 7.93. The van der Waals surface area contributed by atoms with Crippen LogP contribution in [0.15, 0.2) is 144 Å². The largest absolute Gasteiger partial charge is 0.454 e. The van der Waals surface area contributed by atoms with E-state index in [4.69, 9.17) is 4.74 Å². The van der Waals surface area contributed by atoms with Gasteiger partial charge < -0.3 is 4.74 Å². The average molecular weight is 550 g/mol. The van der Waals surface area contributed by atoms with Crippen molar-refractivity contribution in [2.24, 2.45) is 0 Å². The lowest BCUT2D eigenvalue weighted by Gasteiger charge is -2.24. The van der Waals surface area contributed by atoms with Crippen LogP contribution < -0.4 is 9.04 Å². The molecule has 0 amide bonds. The first-order valence-corrected chi connectivity index (χ1v) is 14.9. The molecule has 5 heteroatoms. The second kappa shape index (κ2) is 8.95. The summed E-state index contributed by atoms with van der Waals surface area (Å²) in [5.41, 5.74) is 2.94. The van der Waals surface area contributed by atoms with Crippen LogP contribution in [-0.2, 0) is 10.0 Å². The van der Waals surface area contributed by atoms with E-state index in [0.717, 1.165) is 16.5 Å². The van der Waals surface area contributed by atoms with Gasteiger partial charge in [0.1, 0.15) is 16.3 Å². The molecule has 0 atom stereocenters. The van der Waals surface area contributed by atoms with Gasteiger partial charge in [0.2, 0.25) is 0 Å². The zero-order valence-corrected chi connectivity index (χ0v) is 22.7. The van der Waals surface area contributed by atoms with Crippen molar-refractivity contribution < 1.29 is 13.2 Å². The Bertz CT molecular complexity index is 2240. The van der Waals surface area contributed by atoms with Crippen LogP contribution >= 0.6 is 0 Å². The van der Waals surface area contributed by atoms with Crippen molar-refractivity contribution in [1.29, 1.82) is 0 Å². The van der Waals surface area contributed by atoms with Crippen LogP contribution in [0.1, 0.15) is 0 Å². The molecule has 4 nitrogen and oxygen atoms in total. The monoisotopic (exact) mass is 549 g/mol. The Morgan fingerprint density at radius 3 is 1.76 bits per heavy atom. The van der Waals surface area contributed by atoms with Gasteiger partial charge >= 0.3 is 0 Å². The highest BCUT2D eigenvalue weighted by Crippen LogP contribution is 2.46. The molecule has 7 aromatic rings. The quantitative estimate of drug-likeness (QED) is 0.202. The number of sulfonamides is 1. The van der Waals surface area contributed by atoms with Crippen LogP contribution in [0, 0.1) is 0 Å². The van der Waals surface area contributed by atoms with E-state index in [9.17, 15) is 8.42 Å². The predicted octanol–water partition coefficient (Wildman–Crippen LogP) is 9.45. The predicted molar refractivity (Wildman–Crippen MR) is 167 cm³/mol. The molecule has 1 aliphatic rings. The number of fused-ring (bicyclic) bond motifs is 8. The van der Waals surface area contributed by atoms with Crippen LogP contribution in [-0.4, -0.2) is 8.42 Å². The minimum absolute atomic E-state index is 0.130. The molecule has 7 aromatic carbocycles. The first kappa shape index (κ1) is 23.7. The van der Waals surface area contributed by atoms with Gasteiger partial charge in [0.25, 0.3) is 10.0 Å². The number of benzene rings is 7. The van der Waals surface area contributed by atoms with Crippen molar-refractivity contribution in [3.05, 3.63) is 140 Å². The zero-order chi connectivity index (χ0) is 27.6. The van der Waals surface area contributed by atoms with Gasteiger partial charge in [-0.1, -0.05) is 97.1 Å². The number of ether oxygens (including phenoxy) is 1. The summed E-state index contributed by atoms with van der Waals surface area (Å²) in [6, 6.07) is 45.2. The fraction of sp³-hybridized carbons (Fsp3) is 0. The van der Waals surface area contributed by atoms with E-state index in [1.165, 1.54) is 31.2 Å². The van der Waals surface area contributed by atoms with Gasteiger partial charge in [0, 0.05) is 0 Å². The standard InChI is InChI=1S/C36H23NO3S/c38-41(39)36-19-8-7-18-35(36)40-34-17-6-5-16-33(34)37(41)26-11-9-10-24(22-26)25-20-21-31-29-14-2-1-12-27(29)28-13-3-4-15-30(28)32(31)23-25/h1-23H. The van der Waals surface area contributed by atoms with Crippen LogP contribution in [0.2, 0.25) is 0 Å². The highest BCUT2D eigenvalue weighted by atomic mass is 32.2. The molecule has 0 saturated carbocycles. The first-order valence-electron chi connectivity index (χ1n) is 13.4. The van der Waals surface area contributed by atoms with Gasteiger partial charge in [-0.05, 0) is 85.9 Å². The van der Waals surface area contributed by atoms with Gasteiger partial charge in [-0.3, -0.25) is 0 Å². The van der Waals surface area contributed by atoms with Gasteiger partial charge in [-0.2, -0.15) is 0 Å². The first-order chi connectivity index (χ1) is 20.1.